The summed E-state index contributed by atoms with van der Waals surface area (Å²) in [5, 5.41) is 10.6. The molecule has 0 unspecified atom stereocenters. The van der Waals surface area contributed by atoms with E-state index >= 15 is 0 Å². The molecule has 2 heterocycles. The van der Waals surface area contributed by atoms with E-state index in [9.17, 15) is 14.7 Å². The lowest BCUT2D eigenvalue weighted by Crippen LogP contribution is -2.42. The minimum atomic E-state index is -1.00. The highest BCUT2D eigenvalue weighted by Gasteiger charge is 2.21. The van der Waals surface area contributed by atoms with Gasteiger partial charge in [-0.2, -0.15) is 0 Å². The monoisotopic (exact) mass is 329 g/mol. The minimum absolute atomic E-state index is 0.136. The summed E-state index contributed by atoms with van der Waals surface area (Å²) in [7, 11) is 1.58. The van der Waals surface area contributed by atoms with E-state index in [2.05, 4.69) is 4.98 Å². The van der Waals surface area contributed by atoms with Crippen molar-refractivity contribution >= 4 is 28.0 Å². The summed E-state index contributed by atoms with van der Waals surface area (Å²) in [6, 6.07) is 7.27. The fourth-order valence-corrected chi connectivity index (χ4v) is 2.66. The van der Waals surface area contributed by atoms with Gasteiger partial charge in [0.05, 0.1) is 11.9 Å². The van der Waals surface area contributed by atoms with Gasteiger partial charge in [0.1, 0.15) is 17.6 Å². The molecule has 7 heteroatoms. The maximum atomic E-state index is 12.6. The van der Waals surface area contributed by atoms with Crippen LogP contribution in [0.25, 0.3) is 22.1 Å². The van der Waals surface area contributed by atoms with Gasteiger partial charge in [0, 0.05) is 19.0 Å². The summed E-state index contributed by atoms with van der Waals surface area (Å²) < 4.78 is 6.80. The van der Waals surface area contributed by atoms with Gasteiger partial charge < -0.3 is 14.4 Å². The summed E-state index contributed by atoms with van der Waals surface area (Å²) >= 11 is 0. The van der Waals surface area contributed by atoms with E-state index < -0.39 is 11.2 Å². The predicted molar refractivity (Wildman–Crippen MR) is 89.7 cm³/mol. The minimum Gasteiger partial charge on any atom is -0.448 e. The number of amides is 1. The smallest absolute Gasteiger partial charge is 0.297 e. The molecule has 2 aromatic heterocycles. The number of furan rings is 1. The number of benzene rings is 1. The van der Waals surface area contributed by atoms with Gasteiger partial charge in [-0.3, -0.25) is 14.2 Å². The quantitative estimate of drug-likeness (QED) is 0.781. The van der Waals surface area contributed by atoms with Gasteiger partial charge in [0.2, 0.25) is 11.5 Å². The third kappa shape index (κ3) is 3.03. The summed E-state index contributed by atoms with van der Waals surface area (Å²) in [6.07, 6.45) is 1.35. The molecule has 0 saturated heterocycles. The average Bonchev–Trinajstić information content (AvgIpc) is 2.88. The fraction of sp³-hybridized carbons (Fsp3) is 0.353. The van der Waals surface area contributed by atoms with Gasteiger partial charge in [-0.15, -0.1) is 0 Å². The molecule has 1 N–H and O–H groups in total. The van der Waals surface area contributed by atoms with Gasteiger partial charge in [-0.1, -0.05) is 12.1 Å². The Kier molecular flexibility index (Phi) is 3.88. The number of likely N-dealkylation sites (N-methyl/N-ethyl adjacent to an activating group) is 1. The molecule has 0 fully saturated rings. The highest BCUT2D eigenvalue weighted by Crippen LogP contribution is 2.23. The Morgan fingerprint density at radius 2 is 2.08 bits per heavy atom. The van der Waals surface area contributed by atoms with Crippen LogP contribution in [0.1, 0.15) is 13.8 Å². The van der Waals surface area contributed by atoms with E-state index in [0.29, 0.717) is 11.1 Å². The zero-order chi connectivity index (χ0) is 17.5. The second-order valence-electron chi connectivity index (χ2n) is 6.52. The molecule has 0 aliphatic heterocycles. The largest absolute Gasteiger partial charge is 0.448 e. The van der Waals surface area contributed by atoms with Crippen LogP contribution in [0.3, 0.4) is 0 Å². The van der Waals surface area contributed by atoms with Gasteiger partial charge in [0.25, 0.3) is 5.56 Å². The standard InChI is InChI=1S/C17H19N3O4/c1-17(2,23)9-19(3)13(21)8-20-10-18-14-11-6-4-5-7-12(11)24-15(14)16(20)22/h4-7,10,23H,8-9H2,1-3H3. The first-order chi connectivity index (χ1) is 11.3. The molecule has 126 valence electrons. The molecule has 3 aromatic rings. The number of nitrogens with zero attached hydrogens (tertiary/aromatic N) is 3. The Labute approximate surface area is 138 Å². The third-order valence-electron chi connectivity index (χ3n) is 3.71. The average molecular weight is 329 g/mol. The molecule has 0 radical (unpaired) electrons. The maximum Gasteiger partial charge on any atom is 0.297 e. The topological polar surface area (TPSA) is 88.6 Å². The second-order valence-corrected chi connectivity index (χ2v) is 6.52. The van der Waals surface area contributed by atoms with Crippen molar-refractivity contribution in [3.63, 3.8) is 0 Å². The molecule has 0 saturated carbocycles. The molecule has 0 atom stereocenters. The van der Waals surface area contributed by atoms with Crippen LogP contribution in [0.15, 0.2) is 39.8 Å². The number of rotatable bonds is 4. The van der Waals surface area contributed by atoms with Crippen LogP contribution < -0.4 is 5.56 Å². The lowest BCUT2D eigenvalue weighted by Gasteiger charge is -2.25. The Morgan fingerprint density at radius 3 is 2.79 bits per heavy atom. The van der Waals surface area contributed by atoms with Crippen molar-refractivity contribution in [1.29, 1.82) is 0 Å². The Bertz CT molecular complexity index is 965. The van der Waals surface area contributed by atoms with E-state index in [4.69, 9.17) is 4.42 Å². The lowest BCUT2D eigenvalue weighted by atomic mass is 10.1. The number of aliphatic hydroxyl groups is 1. The van der Waals surface area contributed by atoms with Crippen LogP contribution in [-0.2, 0) is 11.3 Å². The number of fused-ring (bicyclic) bond motifs is 3. The molecule has 0 aliphatic rings. The van der Waals surface area contributed by atoms with E-state index in [1.165, 1.54) is 15.8 Å². The summed E-state index contributed by atoms with van der Waals surface area (Å²) in [6.45, 7) is 3.24. The number of carbonyl (C=O) groups is 1. The third-order valence-corrected chi connectivity index (χ3v) is 3.71. The van der Waals surface area contributed by atoms with Crippen molar-refractivity contribution in [2.24, 2.45) is 0 Å². The highest BCUT2D eigenvalue weighted by atomic mass is 16.3. The molecule has 3 rings (SSSR count). The van der Waals surface area contributed by atoms with Crippen molar-refractivity contribution in [2.75, 3.05) is 13.6 Å². The van der Waals surface area contributed by atoms with E-state index in [1.54, 1.807) is 27.0 Å². The number of carbonyl (C=O) groups excluding carboxylic acids is 1. The molecule has 7 nitrogen and oxygen atoms in total. The van der Waals surface area contributed by atoms with Gasteiger partial charge in [-0.05, 0) is 26.0 Å². The lowest BCUT2D eigenvalue weighted by molar-refractivity contribution is -0.133. The van der Waals surface area contributed by atoms with Crippen LogP contribution in [0.4, 0.5) is 0 Å². The van der Waals surface area contributed by atoms with Crippen molar-refractivity contribution in [2.45, 2.75) is 26.0 Å². The highest BCUT2D eigenvalue weighted by molar-refractivity contribution is 6.01. The van der Waals surface area contributed by atoms with Crippen LogP contribution in [0.2, 0.25) is 0 Å². The zero-order valence-corrected chi connectivity index (χ0v) is 13.8. The van der Waals surface area contributed by atoms with E-state index in [1.807, 2.05) is 18.2 Å². The van der Waals surface area contributed by atoms with Crippen molar-refractivity contribution < 1.29 is 14.3 Å². The molecular weight excluding hydrogens is 310 g/mol. The van der Waals surface area contributed by atoms with Crippen LogP contribution in [0.5, 0.6) is 0 Å². The van der Waals surface area contributed by atoms with Gasteiger partial charge in [-0.25, -0.2) is 4.98 Å². The zero-order valence-electron chi connectivity index (χ0n) is 13.8. The first kappa shape index (κ1) is 16.2. The predicted octanol–water partition coefficient (Wildman–Crippen LogP) is 1.37. The van der Waals surface area contributed by atoms with Crippen LogP contribution in [0, 0.1) is 0 Å². The second kappa shape index (κ2) is 5.76. The Balaban J connectivity index is 1.93. The normalized spacial score (nSPS) is 12.0. The van der Waals surface area contributed by atoms with Gasteiger partial charge >= 0.3 is 0 Å². The summed E-state index contributed by atoms with van der Waals surface area (Å²) in [4.78, 5) is 30.4. The molecule has 0 aliphatic carbocycles. The SMILES string of the molecule is CN(CC(C)(C)O)C(=O)Cn1cnc2c(oc3ccccc32)c1=O. The van der Waals surface area contributed by atoms with Crippen molar-refractivity contribution in [3.8, 4) is 0 Å². The maximum absolute atomic E-state index is 12.6. The van der Waals surface area contributed by atoms with Gasteiger partial charge in [0.15, 0.2) is 0 Å². The van der Waals surface area contributed by atoms with Crippen molar-refractivity contribution in [1.82, 2.24) is 14.5 Å². The Morgan fingerprint density at radius 1 is 1.38 bits per heavy atom. The molecule has 0 bridgehead atoms. The molecular formula is C17H19N3O4. The van der Waals surface area contributed by atoms with Crippen molar-refractivity contribution in [3.05, 3.63) is 40.9 Å². The number of para-hydroxylation sites is 1. The number of aromatic nitrogens is 2. The summed E-state index contributed by atoms with van der Waals surface area (Å²) in [5.74, 6) is -0.295. The van der Waals surface area contributed by atoms with Crippen LogP contribution in [-0.4, -0.2) is 44.7 Å². The number of hydrogen-bond acceptors (Lipinski definition) is 5. The number of hydrogen-bond donors (Lipinski definition) is 1. The van der Waals surface area contributed by atoms with Crippen LogP contribution >= 0.6 is 0 Å². The first-order valence-electron chi connectivity index (χ1n) is 7.59. The molecule has 0 spiro atoms. The first-order valence-corrected chi connectivity index (χ1v) is 7.59. The van der Waals surface area contributed by atoms with E-state index in [0.717, 1.165) is 5.39 Å². The molecule has 1 amide bonds. The summed E-state index contributed by atoms with van der Waals surface area (Å²) in [5.41, 5.74) is -0.196. The molecule has 1 aromatic carbocycles. The van der Waals surface area contributed by atoms with E-state index in [-0.39, 0.29) is 24.6 Å². The Hall–Kier alpha value is -2.67. The molecule has 24 heavy (non-hydrogen) atoms. The fourth-order valence-electron chi connectivity index (χ4n) is 2.66.